The van der Waals surface area contributed by atoms with E-state index >= 15 is 0 Å². The Morgan fingerprint density at radius 2 is 1.95 bits per heavy atom. The maximum absolute atomic E-state index is 4.47. The van der Waals surface area contributed by atoms with Crippen molar-refractivity contribution in [3.8, 4) is 0 Å². The van der Waals surface area contributed by atoms with Crippen LogP contribution in [0.5, 0.6) is 0 Å². The maximum Gasteiger partial charge on any atom is 0.243 e. The number of hydrogen-bond acceptors (Lipinski definition) is 4. The minimum Gasteiger partial charge on any atom is -0.349 e. The Bertz CT molecular complexity index is 767. The summed E-state index contributed by atoms with van der Waals surface area (Å²) in [6.07, 6.45) is 0. The molecule has 0 aromatic carbocycles. The molecule has 0 aliphatic heterocycles. The van der Waals surface area contributed by atoms with Crippen molar-refractivity contribution in [1.82, 2.24) is 24.4 Å². The average molecular weight is 270 g/mol. The first-order valence-corrected chi connectivity index (χ1v) is 6.61. The SMILES string of the molecule is Cc1nn(C)c(C)c1CNc1nc2cccc(C)n2n1. The third-order valence-corrected chi connectivity index (χ3v) is 3.63. The molecule has 0 saturated carbocycles. The van der Waals surface area contributed by atoms with Crippen LogP contribution in [-0.4, -0.2) is 24.4 Å². The fourth-order valence-corrected chi connectivity index (χ4v) is 2.35. The van der Waals surface area contributed by atoms with E-state index in [1.807, 2.05) is 48.3 Å². The highest BCUT2D eigenvalue weighted by molar-refractivity contribution is 5.45. The van der Waals surface area contributed by atoms with Crippen LogP contribution in [0.15, 0.2) is 18.2 Å². The summed E-state index contributed by atoms with van der Waals surface area (Å²) < 4.78 is 3.74. The van der Waals surface area contributed by atoms with Gasteiger partial charge in [0.2, 0.25) is 5.95 Å². The van der Waals surface area contributed by atoms with Crippen LogP contribution in [0.3, 0.4) is 0 Å². The van der Waals surface area contributed by atoms with Gasteiger partial charge in [0.05, 0.1) is 5.69 Å². The van der Waals surface area contributed by atoms with E-state index in [1.54, 1.807) is 0 Å². The molecule has 3 rings (SSSR count). The van der Waals surface area contributed by atoms with Crippen molar-refractivity contribution < 1.29 is 0 Å². The molecule has 6 nitrogen and oxygen atoms in total. The largest absolute Gasteiger partial charge is 0.349 e. The summed E-state index contributed by atoms with van der Waals surface area (Å²) in [6, 6.07) is 5.95. The van der Waals surface area contributed by atoms with Gasteiger partial charge in [0.15, 0.2) is 5.65 Å². The Balaban J connectivity index is 1.85. The lowest BCUT2D eigenvalue weighted by molar-refractivity contribution is 0.730. The molecule has 0 bridgehead atoms. The number of aromatic nitrogens is 5. The molecule has 1 N–H and O–H groups in total. The molecule has 0 amide bonds. The van der Waals surface area contributed by atoms with E-state index in [-0.39, 0.29) is 0 Å². The second kappa shape index (κ2) is 4.63. The zero-order chi connectivity index (χ0) is 14.3. The number of aryl methyl sites for hydroxylation is 3. The summed E-state index contributed by atoms with van der Waals surface area (Å²) in [4.78, 5) is 4.47. The molecule has 0 spiro atoms. The molecular weight excluding hydrogens is 252 g/mol. The highest BCUT2D eigenvalue weighted by Gasteiger charge is 2.10. The van der Waals surface area contributed by atoms with E-state index in [0.717, 1.165) is 22.7 Å². The smallest absolute Gasteiger partial charge is 0.243 e. The number of anilines is 1. The van der Waals surface area contributed by atoms with Gasteiger partial charge < -0.3 is 5.32 Å². The number of nitrogens with zero attached hydrogens (tertiary/aromatic N) is 5. The summed E-state index contributed by atoms with van der Waals surface area (Å²) in [5.74, 6) is 0.641. The second-order valence-corrected chi connectivity index (χ2v) is 5.00. The van der Waals surface area contributed by atoms with Gasteiger partial charge >= 0.3 is 0 Å². The number of hydrogen-bond donors (Lipinski definition) is 1. The van der Waals surface area contributed by atoms with Crippen LogP contribution in [0.25, 0.3) is 5.65 Å². The molecule has 20 heavy (non-hydrogen) atoms. The fraction of sp³-hybridized carbons (Fsp3) is 0.357. The van der Waals surface area contributed by atoms with E-state index in [1.165, 1.54) is 5.56 Å². The molecule has 3 aromatic rings. The van der Waals surface area contributed by atoms with E-state index in [2.05, 4.69) is 27.4 Å². The predicted octanol–water partition coefficient (Wildman–Crippen LogP) is 2.00. The van der Waals surface area contributed by atoms with Gasteiger partial charge in [-0.25, -0.2) is 4.52 Å². The Labute approximate surface area is 117 Å². The fourth-order valence-electron chi connectivity index (χ4n) is 2.35. The minimum atomic E-state index is 0.641. The molecule has 3 aromatic heterocycles. The molecule has 0 radical (unpaired) electrons. The van der Waals surface area contributed by atoms with E-state index < -0.39 is 0 Å². The zero-order valence-corrected chi connectivity index (χ0v) is 12.2. The zero-order valence-electron chi connectivity index (χ0n) is 12.2. The van der Waals surface area contributed by atoms with E-state index in [9.17, 15) is 0 Å². The highest BCUT2D eigenvalue weighted by atomic mass is 15.4. The van der Waals surface area contributed by atoms with Gasteiger partial charge in [0.25, 0.3) is 0 Å². The molecule has 104 valence electrons. The first-order chi connectivity index (χ1) is 9.56. The number of nitrogens with one attached hydrogen (secondary N) is 1. The highest BCUT2D eigenvalue weighted by Crippen LogP contribution is 2.14. The van der Waals surface area contributed by atoms with E-state index in [4.69, 9.17) is 0 Å². The van der Waals surface area contributed by atoms with Crippen LogP contribution in [-0.2, 0) is 13.6 Å². The Kier molecular flexibility index (Phi) is 2.93. The van der Waals surface area contributed by atoms with Gasteiger partial charge in [0.1, 0.15) is 0 Å². The Morgan fingerprint density at radius 1 is 1.15 bits per heavy atom. The molecule has 0 aliphatic carbocycles. The second-order valence-electron chi connectivity index (χ2n) is 5.00. The van der Waals surface area contributed by atoms with Crippen LogP contribution in [0.1, 0.15) is 22.6 Å². The normalized spacial score (nSPS) is 11.2. The lowest BCUT2D eigenvalue weighted by atomic mass is 10.2. The van der Waals surface area contributed by atoms with Gasteiger partial charge in [0, 0.05) is 30.5 Å². The molecular formula is C14H18N6. The van der Waals surface area contributed by atoms with Crippen LogP contribution in [0.2, 0.25) is 0 Å². The van der Waals surface area contributed by atoms with Gasteiger partial charge in [-0.1, -0.05) is 6.07 Å². The molecule has 0 saturated heterocycles. The van der Waals surface area contributed by atoms with Crippen molar-refractivity contribution in [3.63, 3.8) is 0 Å². The molecule has 0 atom stereocenters. The molecule has 6 heteroatoms. The predicted molar refractivity (Wildman–Crippen MR) is 77.7 cm³/mol. The minimum absolute atomic E-state index is 0.641. The van der Waals surface area contributed by atoms with Crippen molar-refractivity contribution in [2.24, 2.45) is 7.05 Å². The lowest BCUT2D eigenvalue weighted by Crippen LogP contribution is -2.04. The van der Waals surface area contributed by atoms with Crippen LogP contribution < -0.4 is 5.32 Å². The van der Waals surface area contributed by atoms with Gasteiger partial charge in [-0.2, -0.15) is 10.1 Å². The number of fused-ring (bicyclic) bond motifs is 1. The number of rotatable bonds is 3. The first-order valence-electron chi connectivity index (χ1n) is 6.61. The van der Waals surface area contributed by atoms with Crippen molar-refractivity contribution in [3.05, 3.63) is 40.8 Å². The average Bonchev–Trinajstić information content (AvgIpc) is 2.92. The van der Waals surface area contributed by atoms with Crippen LogP contribution in [0.4, 0.5) is 5.95 Å². The van der Waals surface area contributed by atoms with Crippen molar-refractivity contribution >= 4 is 11.6 Å². The van der Waals surface area contributed by atoms with Crippen molar-refractivity contribution in [2.45, 2.75) is 27.3 Å². The summed E-state index contributed by atoms with van der Waals surface area (Å²) >= 11 is 0. The van der Waals surface area contributed by atoms with Gasteiger partial charge in [-0.3, -0.25) is 4.68 Å². The quantitative estimate of drug-likeness (QED) is 0.791. The summed E-state index contributed by atoms with van der Waals surface area (Å²) in [5, 5.41) is 12.1. The summed E-state index contributed by atoms with van der Waals surface area (Å²) in [5.41, 5.74) is 5.32. The molecule has 3 heterocycles. The standard InChI is InChI=1S/C14H18N6/c1-9-6-5-7-13-16-14(18-20(9)13)15-8-12-10(2)17-19(4)11(12)3/h5-7H,8H2,1-4H3,(H,15,18). The van der Waals surface area contributed by atoms with E-state index in [0.29, 0.717) is 12.5 Å². The lowest BCUT2D eigenvalue weighted by Gasteiger charge is -2.02. The monoisotopic (exact) mass is 270 g/mol. The van der Waals surface area contributed by atoms with Gasteiger partial charge in [-0.05, 0) is 32.9 Å². The Morgan fingerprint density at radius 3 is 2.60 bits per heavy atom. The topological polar surface area (TPSA) is 60.0 Å². The summed E-state index contributed by atoms with van der Waals surface area (Å²) in [7, 11) is 1.96. The first kappa shape index (κ1) is 12.7. The molecule has 0 aliphatic rings. The Hall–Kier alpha value is -2.37. The van der Waals surface area contributed by atoms with Crippen LogP contribution >= 0.6 is 0 Å². The van der Waals surface area contributed by atoms with Gasteiger partial charge in [-0.15, -0.1) is 5.10 Å². The maximum atomic E-state index is 4.47. The molecule has 0 unspecified atom stereocenters. The third kappa shape index (κ3) is 2.03. The van der Waals surface area contributed by atoms with Crippen molar-refractivity contribution in [2.75, 3.05) is 5.32 Å². The van der Waals surface area contributed by atoms with Crippen molar-refractivity contribution in [1.29, 1.82) is 0 Å². The summed E-state index contributed by atoms with van der Waals surface area (Å²) in [6.45, 7) is 6.78. The number of pyridine rings is 1. The molecule has 0 fully saturated rings. The van der Waals surface area contributed by atoms with Crippen LogP contribution in [0, 0.1) is 20.8 Å². The third-order valence-electron chi connectivity index (χ3n) is 3.63.